The monoisotopic (exact) mass is 407 g/mol. The molecule has 0 unspecified atom stereocenters. The Balaban J connectivity index is 1.45. The van der Waals surface area contributed by atoms with Crippen LogP contribution in [0.25, 0.3) is 0 Å². The molecule has 3 rings (SSSR count). The Morgan fingerprint density at radius 1 is 1.00 bits per heavy atom. The molecule has 2 atom stereocenters. The summed E-state index contributed by atoms with van der Waals surface area (Å²) in [5, 5.41) is 19.6. The van der Waals surface area contributed by atoms with E-state index in [-0.39, 0.29) is 12.7 Å². The van der Waals surface area contributed by atoms with E-state index in [1.807, 2.05) is 36.4 Å². The second-order valence-electron chi connectivity index (χ2n) is 6.70. The van der Waals surface area contributed by atoms with Gasteiger partial charge in [-0.15, -0.1) is 0 Å². The van der Waals surface area contributed by atoms with Gasteiger partial charge in [-0.3, -0.25) is 4.90 Å². The molecule has 0 aromatic heterocycles. The van der Waals surface area contributed by atoms with Gasteiger partial charge in [0.25, 0.3) is 0 Å². The lowest BCUT2D eigenvalue weighted by atomic mass is 10.2. The Kier molecular flexibility index (Phi) is 7.94. The van der Waals surface area contributed by atoms with Gasteiger partial charge in [-0.25, -0.2) is 0 Å². The molecule has 2 N–H and O–H groups in total. The van der Waals surface area contributed by atoms with Crippen molar-refractivity contribution < 1.29 is 24.4 Å². The summed E-state index contributed by atoms with van der Waals surface area (Å²) in [7, 11) is 0. The van der Waals surface area contributed by atoms with Gasteiger partial charge in [-0.1, -0.05) is 29.8 Å². The standard InChI is InChI=1S/C21H26ClNO5/c22-17-2-1-3-19(12-17)28-21-15-23(14-20(21)25)13-16-4-6-18(7-5-16)27-11-10-26-9-8-24/h1-7,12,20-21,24-25H,8-11,13-15H2/t20-,21-/m0/s1. The molecule has 1 heterocycles. The van der Waals surface area contributed by atoms with Crippen LogP contribution in [0.15, 0.2) is 48.5 Å². The molecule has 1 aliphatic rings. The van der Waals surface area contributed by atoms with Crippen molar-refractivity contribution >= 4 is 11.6 Å². The van der Waals surface area contributed by atoms with Crippen molar-refractivity contribution in [2.24, 2.45) is 0 Å². The molecular formula is C21H26ClNO5. The molecule has 0 aliphatic carbocycles. The molecule has 0 amide bonds. The van der Waals surface area contributed by atoms with Gasteiger partial charge in [0.05, 0.1) is 19.8 Å². The number of halogens is 1. The van der Waals surface area contributed by atoms with E-state index in [4.69, 9.17) is 30.9 Å². The number of aliphatic hydroxyl groups is 2. The molecule has 28 heavy (non-hydrogen) atoms. The van der Waals surface area contributed by atoms with Gasteiger partial charge in [0.15, 0.2) is 0 Å². The average Bonchev–Trinajstić information content (AvgIpc) is 3.02. The Bertz CT molecular complexity index is 727. The first kappa shape index (κ1) is 20.9. The van der Waals surface area contributed by atoms with Crippen LogP contribution in [0.4, 0.5) is 0 Å². The minimum absolute atomic E-state index is 0.0187. The third-order valence-electron chi connectivity index (χ3n) is 4.46. The van der Waals surface area contributed by atoms with E-state index >= 15 is 0 Å². The zero-order valence-corrected chi connectivity index (χ0v) is 16.4. The van der Waals surface area contributed by atoms with Crippen LogP contribution < -0.4 is 9.47 Å². The number of ether oxygens (including phenoxy) is 3. The number of likely N-dealkylation sites (tertiary alicyclic amines) is 1. The number of aliphatic hydroxyl groups excluding tert-OH is 2. The van der Waals surface area contributed by atoms with E-state index in [1.165, 1.54) is 0 Å². The zero-order chi connectivity index (χ0) is 19.8. The summed E-state index contributed by atoms with van der Waals surface area (Å²) in [5.41, 5.74) is 1.14. The molecule has 1 saturated heterocycles. The Morgan fingerprint density at radius 3 is 2.57 bits per heavy atom. The predicted molar refractivity (Wildman–Crippen MR) is 107 cm³/mol. The van der Waals surface area contributed by atoms with E-state index < -0.39 is 6.10 Å². The molecule has 0 saturated carbocycles. The molecule has 6 nitrogen and oxygen atoms in total. The minimum atomic E-state index is -0.541. The lowest BCUT2D eigenvalue weighted by Crippen LogP contribution is -2.29. The number of hydrogen-bond donors (Lipinski definition) is 2. The van der Waals surface area contributed by atoms with Crippen LogP contribution in [0, 0.1) is 0 Å². The summed E-state index contributed by atoms with van der Waals surface area (Å²) in [6, 6.07) is 15.1. The zero-order valence-electron chi connectivity index (χ0n) is 15.7. The van der Waals surface area contributed by atoms with Crippen LogP contribution in [-0.4, -0.2) is 66.8 Å². The molecule has 0 bridgehead atoms. The van der Waals surface area contributed by atoms with Crippen LogP contribution in [0.5, 0.6) is 11.5 Å². The second-order valence-corrected chi connectivity index (χ2v) is 7.14. The third kappa shape index (κ3) is 6.36. The lowest BCUT2D eigenvalue weighted by molar-refractivity contribution is 0.0705. The van der Waals surface area contributed by atoms with E-state index in [2.05, 4.69) is 4.90 Å². The highest BCUT2D eigenvalue weighted by Crippen LogP contribution is 2.23. The lowest BCUT2D eigenvalue weighted by Gasteiger charge is -2.17. The first-order valence-electron chi connectivity index (χ1n) is 9.37. The van der Waals surface area contributed by atoms with Crippen molar-refractivity contribution in [2.45, 2.75) is 18.8 Å². The SMILES string of the molecule is OCCOCCOc1ccc(CN2C[C@H](Oc3cccc(Cl)c3)[C@@H](O)C2)cc1. The van der Waals surface area contributed by atoms with Crippen molar-refractivity contribution in [3.05, 3.63) is 59.1 Å². The quantitative estimate of drug-likeness (QED) is 0.589. The van der Waals surface area contributed by atoms with Gasteiger partial charge in [-0.2, -0.15) is 0 Å². The van der Waals surface area contributed by atoms with Gasteiger partial charge in [-0.05, 0) is 35.9 Å². The first-order chi connectivity index (χ1) is 13.6. The van der Waals surface area contributed by atoms with Crippen molar-refractivity contribution in [1.29, 1.82) is 0 Å². The summed E-state index contributed by atoms with van der Waals surface area (Å²) >= 11 is 5.99. The molecule has 7 heteroatoms. The molecule has 2 aromatic carbocycles. The van der Waals surface area contributed by atoms with Crippen LogP contribution >= 0.6 is 11.6 Å². The van der Waals surface area contributed by atoms with E-state index in [1.54, 1.807) is 12.1 Å². The molecule has 1 fully saturated rings. The van der Waals surface area contributed by atoms with Crippen LogP contribution in [0.2, 0.25) is 5.02 Å². The largest absolute Gasteiger partial charge is 0.491 e. The van der Waals surface area contributed by atoms with Crippen LogP contribution in [0.3, 0.4) is 0 Å². The predicted octanol–water partition coefficient (Wildman–Crippen LogP) is 2.35. The van der Waals surface area contributed by atoms with Gasteiger partial charge in [0.1, 0.15) is 30.3 Å². The highest BCUT2D eigenvalue weighted by molar-refractivity contribution is 6.30. The van der Waals surface area contributed by atoms with Crippen molar-refractivity contribution in [3.8, 4) is 11.5 Å². The molecule has 2 aromatic rings. The summed E-state index contributed by atoms with van der Waals surface area (Å²) in [5.74, 6) is 1.45. The van der Waals surface area contributed by atoms with Gasteiger partial charge in [0.2, 0.25) is 0 Å². The maximum Gasteiger partial charge on any atom is 0.138 e. The molecule has 152 valence electrons. The molecular weight excluding hydrogens is 382 g/mol. The Morgan fingerprint density at radius 2 is 1.82 bits per heavy atom. The first-order valence-corrected chi connectivity index (χ1v) is 9.75. The number of β-amino-alcohol motifs (C(OH)–C–C–N with tert-alkyl or cyclic N) is 1. The van der Waals surface area contributed by atoms with Crippen molar-refractivity contribution in [3.63, 3.8) is 0 Å². The Labute approximate surface area is 170 Å². The molecule has 0 spiro atoms. The molecule has 0 radical (unpaired) electrons. The fourth-order valence-corrected chi connectivity index (χ4v) is 3.31. The number of benzene rings is 2. The smallest absolute Gasteiger partial charge is 0.138 e. The average molecular weight is 408 g/mol. The van der Waals surface area contributed by atoms with Gasteiger partial charge >= 0.3 is 0 Å². The summed E-state index contributed by atoms with van der Waals surface area (Å²) in [6.45, 7) is 3.17. The maximum absolute atomic E-state index is 10.3. The number of rotatable bonds is 10. The fourth-order valence-electron chi connectivity index (χ4n) is 3.13. The fraction of sp³-hybridized carbons (Fsp3) is 0.429. The molecule has 1 aliphatic heterocycles. The minimum Gasteiger partial charge on any atom is -0.491 e. The van der Waals surface area contributed by atoms with Crippen molar-refractivity contribution in [1.82, 2.24) is 4.90 Å². The Hall–Kier alpha value is -1.83. The van der Waals surface area contributed by atoms with Crippen LogP contribution in [-0.2, 0) is 11.3 Å². The topological polar surface area (TPSA) is 71.4 Å². The second kappa shape index (κ2) is 10.6. The van der Waals surface area contributed by atoms with E-state index in [9.17, 15) is 5.11 Å². The summed E-state index contributed by atoms with van der Waals surface area (Å²) < 4.78 is 16.7. The number of nitrogens with zero attached hydrogens (tertiary/aromatic N) is 1. The van der Waals surface area contributed by atoms with E-state index in [0.717, 1.165) is 17.9 Å². The normalized spacial score (nSPS) is 19.7. The van der Waals surface area contributed by atoms with Crippen molar-refractivity contribution in [2.75, 3.05) is 39.5 Å². The third-order valence-corrected chi connectivity index (χ3v) is 4.69. The van der Waals surface area contributed by atoms with Gasteiger partial charge in [0, 0.05) is 24.7 Å². The number of hydrogen-bond acceptors (Lipinski definition) is 6. The summed E-state index contributed by atoms with van der Waals surface area (Å²) in [4.78, 5) is 2.17. The van der Waals surface area contributed by atoms with Crippen LogP contribution in [0.1, 0.15) is 5.56 Å². The highest BCUT2D eigenvalue weighted by Gasteiger charge is 2.32. The maximum atomic E-state index is 10.3. The van der Waals surface area contributed by atoms with Gasteiger partial charge < -0.3 is 24.4 Å². The van der Waals surface area contributed by atoms with E-state index in [0.29, 0.717) is 43.7 Å². The summed E-state index contributed by atoms with van der Waals surface area (Å²) in [6.07, 6.45) is -0.819. The highest BCUT2D eigenvalue weighted by atomic mass is 35.5.